The molecule has 2 heterocycles. The molecule has 1 N–H and O–H groups in total. The zero-order chi connectivity index (χ0) is 17.9. The molecule has 2 aromatic carbocycles. The van der Waals surface area contributed by atoms with Gasteiger partial charge in [-0.15, -0.1) is 10.2 Å². The molecule has 0 atom stereocenters. The summed E-state index contributed by atoms with van der Waals surface area (Å²) >= 11 is 1.59. The molecule has 6 nitrogen and oxygen atoms in total. The van der Waals surface area contributed by atoms with Crippen LogP contribution < -0.4 is 9.80 Å². The van der Waals surface area contributed by atoms with Crippen molar-refractivity contribution in [2.75, 3.05) is 42.2 Å². The number of phenols is 1. The Morgan fingerprint density at radius 3 is 1.85 bits per heavy atom. The van der Waals surface area contributed by atoms with Crippen LogP contribution in [0.2, 0.25) is 0 Å². The van der Waals surface area contributed by atoms with E-state index in [0.717, 1.165) is 42.7 Å². The number of hydrogen-bond acceptors (Lipinski definition) is 6. The average molecular weight is 367 g/mol. The summed E-state index contributed by atoms with van der Waals surface area (Å²) in [7, 11) is 0. The molecule has 0 radical (unpaired) electrons. The van der Waals surface area contributed by atoms with Crippen LogP contribution in [0.4, 0.5) is 11.4 Å². The second-order valence-electron chi connectivity index (χ2n) is 6.19. The monoisotopic (exact) mass is 367 g/mol. The number of rotatable bonds is 4. The Bertz CT molecular complexity index is 854. The van der Waals surface area contributed by atoms with E-state index >= 15 is 0 Å². The highest BCUT2D eigenvalue weighted by molar-refractivity contribution is 7.98. The molecule has 1 aliphatic heterocycles. The fourth-order valence-electron chi connectivity index (χ4n) is 3.25. The first-order valence-corrected chi connectivity index (χ1v) is 9.80. The van der Waals surface area contributed by atoms with Gasteiger partial charge in [0.05, 0.1) is 0 Å². The molecule has 7 heteroatoms. The van der Waals surface area contributed by atoms with Crippen LogP contribution in [0.3, 0.4) is 0 Å². The number of hydrogen-bond donors (Lipinski definition) is 1. The van der Waals surface area contributed by atoms with Crippen molar-refractivity contribution >= 4 is 23.1 Å². The van der Waals surface area contributed by atoms with Crippen molar-refractivity contribution in [2.45, 2.75) is 5.16 Å². The topological polar surface area (TPSA) is 57.4 Å². The van der Waals surface area contributed by atoms with Crippen molar-refractivity contribution in [1.82, 2.24) is 14.8 Å². The Labute approximate surface area is 157 Å². The van der Waals surface area contributed by atoms with Crippen molar-refractivity contribution in [3.8, 4) is 11.4 Å². The van der Waals surface area contributed by atoms with Crippen LogP contribution in [0.15, 0.2) is 60.0 Å². The average Bonchev–Trinajstić information content (AvgIpc) is 3.18. The predicted molar refractivity (Wildman–Crippen MR) is 106 cm³/mol. The fraction of sp³-hybridized carbons (Fsp3) is 0.263. The van der Waals surface area contributed by atoms with E-state index in [1.807, 2.05) is 23.0 Å². The van der Waals surface area contributed by atoms with Gasteiger partial charge in [0.15, 0.2) is 5.16 Å². The maximum atomic E-state index is 9.43. The van der Waals surface area contributed by atoms with E-state index in [9.17, 15) is 5.11 Å². The molecular weight excluding hydrogens is 346 g/mol. The number of aromatic hydroxyl groups is 1. The molecule has 1 aromatic heterocycles. The van der Waals surface area contributed by atoms with E-state index in [0.29, 0.717) is 5.75 Å². The number of benzene rings is 2. The van der Waals surface area contributed by atoms with E-state index in [1.54, 1.807) is 30.2 Å². The Kier molecular flexibility index (Phi) is 4.71. The molecular formula is C19H21N5OS. The van der Waals surface area contributed by atoms with Crippen molar-refractivity contribution in [2.24, 2.45) is 0 Å². The minimum atomic E-state index is 0.310. The first-order valence-electron chi connectivity index (χ1n) is 8.58. The van der Waals surface area contributed by atoms with Gasteiger partial charge in [0.25, 0.3) is 0 Å². The van der Waals surface area contributed by atoms with E-state index in [1.165, 1.54) is 5.69 Å². The van der Waals surface area contributed by atoms with Crippen molar-refractivity contribution in [3.63, 3.8) is 0 Å². The van der Waals surface area contributed by atoms with Gasteiger partial charge in [0, 0.05) is 43.2 Å². The lowest BCUT2D eigenvalue weighted by atomic mass is 10.2. The Morgan fingerprint density at radius 2 is 1.31 bits per heavy atom. The fourth-order valence-corrected chi connectivity index (χ4v) is 3.73. The Balaban J connectivity index is 1.42. The van der Waals surface area contributed by atoms with Crippen LogP contribution in [0.5, 0.6) is 5.75 Å². The van der Waals surface area contributed by atoms with Gasteiger partial charge in [-0.3, -0.25) is 4.57 Å². The van der Waals surface area contributed by atoms with Crippen LogP contribution in [0.25, 0.3) is 5.69 Å². The van der Waals surface area contributed by atoms with E-state index in [-0.39, 0.29) is 0 Å². The third kappa shape index (κ3) is 3.35. The van der Waals surface area contributed by atoms with Gasteiger partial charge >= 0.3 is 0 Å². The van der Waals surface area contributed by atoms with Crippen LogP contribution >= 0.6 is 11.8 Å². The van der Waals surface area contributed by atoms with Gasteiger partial charge in [0.2, 0.25) is 0 Å². The largest absolute Gasteiger partial charge is 0.508 e. The number of anilines is 2. The highest BCUT2D eigenvalue weighted by atomic mass is 32.2. The molecule has 1 aliphatic rings. The zero-order valence-corrected chi connectivity index (χ0v) is 15.4. The van der Waals surface area contributed by atoms with Crippen molar-refractivity contribution in [1.29, 1.82) is 0 Å². The van der Waals surface area contributed by atoms with Crippen LogP contribution in [-0.2, 0) is 0 Å². The first kappa shape index (κ1) is 16.8. The summed E-state index contributed by atoms with van der Waals surface area (Å²) in [6.07, 6.45) is 3.75. The van der Waals surface area contributed by atoms with Gasteiger partial charge in [-0.1, -0.05) is 11.8 Å². The van der Waals surface area contributed by atoms with Gasteiger partial charge < -0.3 is 14.9 Å². The van der Waals surface area contributed by atoms with E-state index < -0.39 is 0 Å². The lowest BCUT2D eigenvalue weighted by molar-refractivity contribution is 0.475. The maximum Gasteiger partial charge on any atom is 0.195 e. The number of thioether (sulfide) groups is 1. The Hall–Kier alpha value is -2.67. The molecule has 1 saturated heterocycles. The molecule has 3 aromatic rings. The molecule has 26 heavy (non-hydrogen) atoms. The summed E-state index contributed by atoms with van der Waals surface area (Å²) < 4.78 is 2.00. The van der Waals surface area contributed by atoms with Crippen LogP contribution in [-0.4, -0.2) is 52.3 Å². The maximum absolute atomic E-state index is 9.43. The normalized spacial score (nSPS) is 14.7. The molecule has 0 amide bonds. The van der Waals surface area contributed by atoms with Crippen molar-refractivity contribution in [3.05, 3.63) is 54.9 Å². The zero-order valence-electron chi connectivity index (χ0n) is 14.6. The minimum absolute atomic E-state index is 0.310. The molecule has 1 fully saturated rings. The first-order chi connectivity index (χ1) is 12.7. The molecule has 0 aliphatic carbocycles. The number of nitrogens with zero attached hydrogens (tertiary/aromatic N) is 5. The quantitative estimate of drug-likeness (QED) is 0.716. The SMILES string of the molecule is CSc1nncn1-c1ccc(N2CCN(c3ccc(O)cc3)CC2)cc1. The van der Waals surface area contributed by atoms with Gasteiger partial charge in [-0.25, -0.2) is 0 Å². The number of piperazine rings is 1. The summed E-state index contributed by atoms with van der Waals surface area (Å²) in [5.41, 5.74) is 3.47. The van der Waals surface area contributed by atoms with Gasteiger partial charge in [0.1, 0.15) is 12.1 Å². The summed E-state index contributed by atoms with van der Waals surface area (Å²) in [6.45, 7) is 3.88. The lowest BCUT2D eigenvalue weighted by Gasteiger charge is -2.37. The van der Waals surface area contributed by atoms with E-state index in [4.69, 9.17) is 0 Å². The predicted octanol–water partition coefficient (Wildman–Crippen LogP) is 3.02. The second kappa shape index (κ2) is 7.29. The van der Waals surface area contributed by atoms with Gasteiger partial charge in [-0.2, -0.15) is 0 Å². The molecule has 0 bridgehead atoms. The Morgan fingerprint density at radius 1 is 0.808 bits per heavy atom. The summed E-state index contributed by atoms with van der Waals surface area (Å²) in [6, 6.07) is 16.0. The van der Waals surface area contributed by atoms with Crippen molar-refractivity contribution < 1.29 is 5.11 Å². The number of aromatic nitrogens is 3. The van der Waals surface area contributed by atoms with E-state index in [2.05, 4.69) is 44.3 Å². The standard InChI is InChI=1S/C19H21N5OS/c1-26-19-21-20-14-24(19)17-4-2-15(3-5-17)22-10-12-23(13-11-22)16-6-8-18(25)9-7-16/h2-9,14,25H,10-13H2,1H3. The third-order valence-electron chi connectivity index (χ3n) is 4.69. The lowest BCUT2D eigenvalue weighted by Crippen LogP contribution is -2.46. The smallest absolute Gasteiger partial charge is 0.195 e. The molecule has 4 rings (SSSR count). The van der Waals surface area contributed by atoms with Gasteiger partial charge in [-0.05, 0) is 54.8 Å². The molecule has 0 unspecified atom stereocenters. The molecule has 0 saturated carbocycles. The highest BCUT2D eigenvalue weighted by Crippen LogP contribution is 2.24. The summed E-state index contributed by atoms with van der Waals surface area (Å²) in [5, 5.41) is 18.4. The van der Waals surface area contributed by atoms with Crippen LogP contribution in [0.1, 0.15) is 0 Å². The molecule has 0 spiro atoms. The highest BCUT2D eigenvalue weighted by Gasteiger charge is 2.17. The minimum Gasteiger partial charge on any atom is -0.508 e. The third-order valence-corrected chi connectivity index (χ3v) is 5.33. The molecule has 134 valence electrons. The summed E-state index contributed by atoms with van der Waals surface area (Å²) in [4.78, 5) is 4.76. The second-order valence-corrected chi connectivity index (χ2v) is 6.97. The number of phenolic OH excluding ortho intramolecular Hbond substituents is 1. The summed E-state index contributed by atoms with van der Waals surface area (Å²) in [5.74, 6) is 0.310. The van der Waals surface area contributed by atoms with Crippen LogP contribution in [0, 0.1) is 0 Å².